The summed E-state index contributed by atoms with van der Waals surface area (Å²) in [4.78, 5) is 14.6. The molecule has 1 amide bonds. The quantitative estimate of drug-likeness (QED) is 0.373. The van der Waals surface area contributed by atoms with Crippen LogP contribution in [0.4, 0.5) is 0 Å². The molecule has 0 aliphatic carbocycles. The van der Waals surface area contributed by atoms with Gasteiger partial charge in [0.05, 0.1) is 11.4 Å². The maximum Gasteiger partial charge on any atom is 0.255 e. The van der Waals surface area contributed by atoms with Crippen LogP contribution < -0.4 is 10.0 Å². The van der Waals surface area contributed by atoms with Crippen molar-refractivity contribution in [2.45, 2.75) is 83.3 Å². The smallest absolute Gasteiger partial charge is 0.255 e. The number of rotatable bonds is 12. The molecular formula is C27H38N4O3S. The SMILES string of the molecule is CCCCCc1ccc(S(=O)(=O)NCc2ccc(CN3C(=N)NC(C)(CC(C)C)C3=O)cc2)cc1. The zero-order chi connectivity index (χ0) is 25.6. The van der Waals surface area contributed by atoms with Crippen LogP contribution in [-0.4, -0.2) is 30.7 Å². The van der Waals surface area contributed by atoms with Crippen molar-refractivity contribution in [3.05, 3.63) is 65.2 Å². The van der Waals surface area contributed by atoms with Crippen molar-refractivity contribution in [1.82, 2.24) is 14.9 Å². The van der Waals surface area contributed by atoms with E-state index >= 15 is 0 Å². The van der Waals surface area contributed by atoms with E-state index in [0.29, 0.717) is 18.9 Å². The van der Waals surface area contributed by atoms with E-state index in [1.54, 1.807) is 12.1 Å². The summed E-state index contributed by atoms with van der Waals surface area (Å²) in [5.41, 5.74) is 2.09. The fourth-order valence-corrected chi connectivity index (χ4v) is 5.53. The zero-order valence-corrected chi connectivity index (χ0v) is 22.0. The Hall–Kier alpha value is -2.71. The number of nitrogens with zero attached hydrogens (tertiary/aromatic N) is 1. The summed E-state index contributed by atoms with van der Waals surface area (Å²) in [7, 11) is -3.61. The summed E-state index contributed by atoms with van der Waals surface area (Å²) >= 11 is 0. The summed E-state index contributed by atoms with van der Waals surface area (Å²) in [5, 5.41) is 11.3. The van der Waals surface area contributed by atoms with Crippen molar-refractivity contribution < 1.29 is 13.2 Å². The maximum absolute atomic E-state index is 12.9. The van der Waals surface area contributed by atoms with E-state index in [0.717, 1.165) is 36.0 Å². The van der Waals surface area contributed by atoms with Gasteiger partial charge in [0.15, 0.2) is 5.96 Å². The van der Waals surface area contributed by atoms with Gasteiger partial charge in [0, 0.05) is 6.54 Å². The van der Waals surface area contributed by atoms with E-state index in [-0.39, 0.29) is 23.3 Å². The predicted octanol–water partition coefficient (Wildman–Crippen LogP) is 4.57. The van der Waals surface area contributed by atoms with Crippen LogP contribution in [0.15, 0.2) is 53.4 Å². The van der Waals surface area contributed by atoms with Crippen LogP contribution >= 0.6 is 0 Å². The fraction of sp³-hybridized carbons (Fsp3) is 0.481. The second-order valence-corrected chi connectivity index (χ2v) is 11.8. The number of sulfonamides is 1. The molecule has 1 aliphatic rings. The van der Waals surface area contributed by atoms with Crippen LogP contribution in [-0.2, 0) is 34.3 Å². The molecule has 0 aromatic heterocycles. The van der Waals surface area contributed by atoms with Crippen LogP contribution in [0.25, 0.3) is 0 Å². The lowest BCUT2D eigenvalue weighted by molar-refractivity contribution is -0.131. The number of aryl methyl sites for hydroxylation is 1. The van der Waals surface area contributed by atoms with Crippen LogP contribution in [0.5, 0.6) is 0 Å². The van der Waals surface area contributed by atoms with E-state index < -0.39 is 15.6 Å². The number of unbranched alkanes of at least 4 members (excludes halogenated alkanes) is 2. The first-order valence-corrected chi connectivity index (χ1v) is 13.9. The van der Waals surface area contributed by atoms with E-state index in [1.807, 2.05) is 43.3 Å². The molecule has 0 radical (unpaired) electrons. The summed E-state index contributed by atoms with van der Waals surface area (Å²) in [6.07, 6.45) is 5.06. The maximum atomic E-state index is 12.9. The molecule has 3 rings (SSSR count). The number of nitrogens with one attached hydrogen (secondary N) is 3. The molecule has 1 saturated heterocycles. The van der Waals surface area contributed by atoms with E-state index in [2.05, 4.69) is 30.8 Å². The third-order valence-corrected chi connectivity index (χ3v) is 7.75. The first-order chi connectivity index (χ1) is 16.5. The van der Waals surface area contributed by atoms with Crippen molar-refractivity contribution in [3.63, 3.8) is 0 Å². The van der Waals surface area contributed by atoms with Gasteiger partial charge in [-0.15, -0.1) is 0 Å². The number of guanidine groups is 1. The van der Waals surface area contributed by atoms with Crippen molar-refractivity contribution in [2.75, 3.05) is 0 Å². The summed E-state index contributed by atoms with van der Waals surface area (Å²) < 4.78 is 28.1. The Morgan fingerprint density at radius 2 is 1.60 bits per heavy atom. The van der Waals surface area contributed by atoms with Crippen molar-refractivity contribution in [1.29, 1.82) is 5.41 Å². The van der Waals surface area contributed by atoms with Crippen LogP contribution in [0, 0.1) is 11.3 Å². The topological polar surface area (TPSA) is 102 Å². The first kappa shape index (κ1) is 26.9. The predicted molar refractivity (Wildman–Crippen MR) is 139 cm³/mol. The average Bonchev–Trinajstić information content (AvgIpc) is 3.01. The molecule has 1 heterocycles. The molecule has 1 aliphatic heterocycles. The molecule has 0 saturated carbocycles. The van der Waals surface area contributed by atoms with Crippen molar-refractivity contribution in [2.24, 2.45) is 5.92 Å². The molecule has 35 heavy (non-hydrogen) atoms. The van der Waals surface area contributed by atoms with Gasteiger partial charge in [-0.25, -0.2) is 13.1 Å². The lowest BCUT2D eigenvalue weighted by Crippen LogP contribution is -2.44. The van der Waals surface area contributed by atoms with Crippen molar-refractivity contribution in [3.8, 4) is 0 Å². The van der Waals surface area contributed by atoms with E-state index in [4.69, 9.17) is 5.41 Å². The molecule has 0 spiro atoms. The lowest BCUT2D eigenvalue weighted by Gasteiger charge is -2.24. The van der Waals surface area contributed by atoms with Crippen LogP contribution in [0.1, 0.15) is 70.1 Å². The minimum absolute atomic E-state index is 0.0931. The third-order valence-electron chi connectivity index (χ3n) is 6.33. The minimum Gasteiger partial charge on any atom is -0.342 e. The summed E-state index contributed by atoms with van der Waals surface area (Å²) in [6.45, 7) is 8.60. The van der Waals surface area contributed by atoms with Gasteiger partial charge >= 0.3 is 0 Å². The molecule has 1 fully saturated rings. The second-order valence-electron chi connectivity index (χ2n) is 10.0. The number of carbonyl (C=O) groups is 1. The summed E-state index contributed by atoms with van der Waals surface area (Å²) in [5.74, 6) is 0.354. The van der Waals surface area contributed by atoms with Crippen molar-refractivity contribution >= 4 is 21.9 Å². The summed E-state index contributed by atoms with van der Waals surface area (Å²) in [6, 6.07) is 14.5. The first-order valence-electron chi connectivity index (χ1n) is 12.4. The molecule has 1 unspecified atom stereocenters. The average molecular weight is 499 g/mol. The number of hydrogen-bond donors (Lipinski definition) is 3. The Labute approximate surface area is 209 Å². The molecule has 190 valence electrons. The minimum atomic E-state index is -3.61. The van der Waals surface area contributed by atoms with Gasteiger partial charge in [0.1, 0.15) is 5.54 Å². The van der Waals surface area contributed by atoms with Gasteiger partial charge in [-0.05, 0) is 60.9 Å². The second kappa shape index (κ2) is 11.4. The highest BCUT2D eigenvalue weighted by Gasteiger charge is 2.45. The zero-order valence-electron chi connectivity index (χ0n) is 21.2. The van der Waals surface area contributed by atoms with Gasteiger partial charge < -0.3 is 5.32 Å². The highest BCUT2D eigenvalue weighted by atomic mass is 32.2. The highest BCUT2D eigenvalue weighted by molar-refractivity contribution is 7.89. The Morgan fingerprint density at radius 1 is 1.00 bits per heavy atom. The molecule has 0 bridgehead atoms. The van der Waals surface area contributed by atoms with Gasteiger partial charge in [0.2, 0.25) is 10.0 Å². The normalized spacial score (nSPS) is 18.4. The van der Waals surface area contributed by atoms with Gasteiger partial charge in [0.25, 0.3) is 5.91 Å². The number of hydrogen-bond acceptors (Lipinski definition) is 4. The molecule has 3 N–H and O–H groups in total. The molecule has 7 nitrogen and oxygen atoms in total. The monoisotopic (exact) mass is 498 g/mol. The number of amides is 1. The third kappa shape index (κ3) is 6.92. The van der Waals surface area contributed by atoms with Crippen LogP contribution in [0.2, 0.25) is 0 Å². The molecular weight excluding hydrogens is 460 g/mol. The number of carbonyl (C=O) groups excluding carboxylic acids is 1. The largest absolute Gasteiger partial charge is 0.342 e. The molecule has 2 aromatic carbocycles. The Morgan fingerprint density at radius 3 is 2.20 bits per heavy atom. The standard InChI is InChI=1S/C27H38N4O3S/c1-5-6-7-8-21-13-15-24(16-14-21)35(33,34)29-18-22-9-11-23(12-10-22)19-31-25(32)27(4,17-20(2)3)30-26(31)28/h9-16,20,29H,5-8,17-19H2,1-4H3,(H2,28,30). The molecule has 2 aromatic rings. The van der Waals surface area contributed by atoms with Gasteiger partial charge in [-0.1, -0.05) is 70.0 Å². The lowest BCUT2D eigenvalue weighted by atomic mass is 9.91. The fourth-order valence-electron chi connectivity index (χ4n) is 4.51. The van der Waals surface area contributed by atoms with E-state index in [9.17, 15) is 13.2 Å². The molecule has 8 heteroatoms. The number of benzene rings is 2. The highest BCUT2D eigenvalue weighted by Crippen LogP contribution is 2.26. The molecule has 1 atom stereocenters. The van der Waals surface area contributed by atoms with Gasteiger partial charge in [-0.3, -0.25) is 15.1 Å². The Balaban J connectivity index is 1.57. The van der Waals surface area contributed by atoms with Gasteiger partial charge in [-0.2, -0.15) is 0 Å². The Bertz CT molecular complexity index is 1130. The van der Waals surface area contributed by atoms with E-state index in [1.165, 1.54) is 11.3 Å². The Kier molecular flexibility index (Phi) is 8.72. The van der Waals surface area contributed by atoms with Crippen LogP contribution in [0.3, 0.4) is 0 Å².